The molecule has 6 rings (SSSR count). The zero-order valence-corrected chi connectivity index (χ0v) is 29.1. The Hall–Kier alpha value is -3.12. The Morgan fingerprint density at radius 3 is 2.59 bits per heavy atom. The number of likely N-dealkylation sites (tertiary alicyclic amines) is 1. The first-order valence-electron chi connectivity index (χ1n) is 15.5. The quantitative estimate of drug-likeness (QED) is 0.233. The van der Waals surface area contributed by atoms with Crippen molar-refractivity contribution in [1.82, 2.24) is 14.9 Å². The standard InChI is InChI=1S/C32H41BrFN6O5P/c1-20-15-24(27(43-2)16-25(20)39-11-7-21(8-12-39)40-18-32(41,19-40)9-10-34)37-31-35-17-22(33)30(38-31)36-23-5-6-26-28(45-14-13-44-26)29(23)46(3,4)42/h5-6,15-17,21,41H,7-14,18-19H2,1-4H3,(H2,35,36,37,38). The number of benzene rings is 2. The molecule has 0 radical (unpaired) electrons. The average molecular weight is 720 g/mol. The van der Waals surface area contributed by atoms with Gasteiger partial charge in [0.2, 0.25) is 5.95 Å². The summed E-state index contributed by atoms with van der Waals surface area (Å²) in [5.41, 5.74) is 2.67. The minimum absolute atomic E-state index is 0.215. The molecule has 2 aromatic carbocycles. The summed E-state index contributed by atoms with van der Waals surface area (Å²) >= 11 is 3.55. The summed E-state index contributed by atoms with van der Waals surface area (Å²) in [7, 11) is -1.13. The maximum Gasteiger partial charge on any atom is 0.229 e. The number of hydrogen-bond acceptors (Lipinski definition) is 11. The number of aromatic nitrogens is 2. The lowest BCUT2D eigenvalue weighted by Gasteiger charge is -2.52. The van der Waals surface area contributed by atoms with Gasteiger partial charge in [0.15, 0.2) is 11.5 Å². The minimum atomic E-state index is -2.77. The molecule has 0 unspecified atom stereocenters. The molecule has 0 saturated carbocycles. The van der Waals surface area contributed by atoms with Crippen LogP contribution in [0.1, 0.15) is 24.8 Å². The van der Waals surface area contributed by atoms with Crippen LogP contribution in [0.15, 0.2) is 34.9 Å². The number of piperidine rings is 1. The highest BCUT2D eigenvalue weighted by Gasteiger charge is 2.44. The summed E-state index contributed by atoms with van der Waals surface area (Å²) in [5.74, 6) is 2.59. The normalized spacial score (nSPS) is 18.2. The van der Waals surface area contributed by atoms with E-state index in [9.17, 15) is 14.1 Å². The Morgan fingerprint density at radius 2 is 1.89 bits per heavy atom. The molecule has 2 saturated heterocycles. The molecular weight excluding hydrogens is 678 g/mol. The molecule has 2 fully saturated rings. The molecule has 4 heterocycles. The summed E-state index contributed by atoms with van der Waals surface area (Å²) in [5, 5.41) is 17.6. The first-order valence-corrected chi connectivity index (χ1v) is 18.9. The van der Waals surface area contributed by atoms with Gasteiger partial charge in [0.25, 0.3) is 0 Å². The lowest BCUT2D eigenvalue weighted by atomic mass is 9.87. The van der Waals surface area contributed by atoms with Crippen LogP contribution in [0, 0.1) is 6.92 Å². The van der Waals surface area contributed by atoms with Crippen molar-refractivity contribution in [1.29, 1.82) is 0 Å². The number of methoxy groups -OCH3 is 1. The Balaban J connectivity index is 1.17. The van der Waals surface area contributed by atoms with Gasteiger partial charge in [-0.1, -0.05) is 0 Å². The molecule has 3 N–H and O–H groups in total. The van der Waals surface area contributed by atoms with Crippen molar-refractivity contribution in [3.63, 3.8) is 0 Å². The second-order valence-electron chi connectivity index (χ2n) is 12.6. The molecule has 3 aliphatic rings. The summed E-state index contributed by atoms with van der Waals surface area (Å²) in [4.78, 5) is 13.9. The molecule has 1 aromatic heterocycles. The molecule has 11 nitrogen and oxygen atoms in total. The van der Waals surface area contributed by atoms with Gasteiger partial charge >= 0.3 is 0 Å². The van der Waals surface area contributed by atoms with Crippen molar-refractivity contribution in [2.75, 3.05) is 82.0 Å². The van der Waals surface area contributed by atoms with E-state index in [0.29, 0.717) is 76.8 Å². The molecule has 0 bridgehead atoms. The maximum atomic E-state index is 13.4. The topological polar surface area (TPSA) is 121 Å². The Morgan fingerprint density at radius 1 is 1.15 bits per heavy atom. The van der Waals surface area contributed by atoms with E-state index in [4.69, 9.17) is 19.2 Å². The van der Waals surface area contributed by atoms with Gasteiger partial charge in [-0.3, -0.25) is 9.29 Å². The van der Waals surface area contributed by atoms with Gasteiger partial charge in [0.05, 0.1) is 40.5 Å². The van der Waals surface area contributed by atoms with Crippen LogP contribution in [0.3, 0.4) is 0 Å². The van der Waals surface area contributed by atoms with Crippen molar-refractivity contribution in [2.24, 2.45) is 0 Å². The smallest absolute Gasteiger partial charge is 0.229 e. The number of nitrogens with one attached hydrogen (secondary N) is 2. The van der Waals surface area contributed by atoms with Crippen molar-refractivity contribution < 1.29 is 28.3 Å². The van der Waals surface area contributed by atoms with Crippen molar-refractivity contribution >= 4 is 57.2 Å². The number of rotatable bonds is 10. The first kappa shape index (κ1) is 32.8. The second-order valence-corrected chi connectivity index (χ2v) is 16.6. The van der Waals surface area contributed by atoms with E-state index in [1.54, 1.807) is 26.6 Å². The molecule has 3 aromatic rings. The summed E-state index contributed by atoms with van der Waals surface area (Å²) in [6.45, 7) is 8.71. The molecule has 0 aliphatic carbocycles. The number of anilines is 5. The maximum absolute atomic E-state index is 13.4. The highest BCUT2D eigenvalue weighted by molar-refractivity contribution is 9.10. The van der Waals surface area contributed by atoms with E-state index in [2.05, 4.69) is 48.3 Å². The van der Waals surface area contributed by atoms with E-state index in [-0.39, 0.29) is 6.42 Å². The number of fused-ring (bicyclic) bond motifs is 1. The summed E-state index contributed by atoms with van der Waals surface area (Å²) in [6, 6.07) is 8.11. The van der Waals surface area contributed by atoms with E-state index in [1.807, 2.05) is 24.3 Å². The first-order chi connectivity index (χ1) is 22.0. The molecule has 0 amide bonds. The predicted octanol–water partition coefficient (Wildman–Crippen LogP) is 5.44. The van der Waals surface area contributed by atoms with Crippen LogP contribution in [-0.2, 0) is 4.57 Å². The predicted molar refractivity (Wildman–Crippen MR) is 183 cm³/mol. The van der Waals surface area contributed by atoms with Gasteiger partial charge in [-0.05, 0) is 72.8 Å². The van der Waals surface area contributed by atoms with E-state index in [0.717, 1.165) is 42.9 Å². The molecular formula is C32H41BrFN6O5P. The number of aliphatic hydroxyl groups is 1. The number of halogens is 2. The van der Waals surface area contributed by atoms with Crippen LogP contribution in [-0.4, -0.2) is 98.1 Å². The molecule has 46 heavy (non-hydrogen) atoms. The van der Waals surface area contributed by atoms with Crippen LogP contribution in [0.2, 0.25) is 0 Å². The SMILES string of the molecule is COc1cc(N2CCC(N3CC(O)(CCF)C3)CC2)c(C)cc1Nc1ncc(Br)c(Nc2ccc3c(c2P(C)(C)=O)OCCO3)n1. The molecule has 3 aliphatic heterocycles. The fourth-order valence-corrected chi connectivity index (χ4v) is 8.22. The van der Waals surface area contributed by atoms with E-state index >= 15 is 0 Å². The fourth-order valence-electron chi connectivity index (χ4n) is 6.56. The third kappa shape index (κ3) is 6.79. The van der Waals surface area contributed by atoms with E-state index < -0.39 is 19.4 Å². The largest absolute Gasteiger partial charge is 0.494 e. The molecule has 0 atom stereocenters. The molecule has 0 spiro atoms. The highest BCUT2D eigenvalue weighted by Crippen LogP contribution is 2.47. The third-order valence-corrected chi connectivity index (χ3v) is 11.0. The van der Waals surface area contributed by atoms with Crippen molar-refractivity contribution in [2.45, 2.75) is 37.8 Å². The average Bonchev–Trinajstić information content (AvgIpc) is 3.01. The highest BCUT2D eigenvalue weighted by atomic mass is 79.9. The van der Waals surface area contributed by atoms with Crippen molar-refractivity contribution in [3.8, 4) is 17.2 Å². The van der Waals surface area contributed by atoms with Crippen LogP contribution in [0.4, 0.5) is 33.2 Å². The van der Waals surface area contributed by atoms with Crippen molar-refractivity contribution in [3.05, 3.63) is 40.5 Å². The van der Waals surface area contributed by atoms with Gasteiger partial charge in [-0.15, -0.1) is 0 Å². The zero-order chi connectivity index (χ0) is 32.6. The molecule has 14 heteroatoms. The number of nitrogens with zero attached hydrogens (tertiary/aromatic N) is 4. The number of β-amino-alcohol motifs (C(OH)–C–C–N with tert-alkyl or cyclic N) is 1. The third-order valence-electron chi connectivity index (χ3n) is 8.86. The number of hydrogen-bond donors (Lipinski definition) is 3. The zero-order valence-electron chi connectivity index (χ0n) is 26.6. The lowest BCUT2D eigenvalue weighted by molar-refractivity contribution is -0.124. The second kappa shape index (κ2) is 13.2. The summed E-state index contributed by atoms with van der Waals surface area (Å²) < 4.78 is 44.2. The molecule has 248 valence electrons. The number of aryl methyl sites for hydroxylation is 1. The van der Waals surface area contributed by atoms with Crippen LogP contribution >= 0.6 is 23.1 Å². The summed E-state index contributed by atoms with van der Waals surface area (Å²) in [6.07, 6.45) is 3.83. The fraction of sp³-hybridized carbons (Fsp3) is 0.500. The Kier molecular flexibility index (Phi) is 9.40. The van der Waals surface area contributed by atoms with Gasteiger partial charge < -0.3 is 39.4 Å². The minimum Gasteiger partial charge on any atom is -0.494 e. The van der Waals surface area contributed by atoms with Gasteiger partial charge in [0.1, 0.15) is 31.9 Å². The lowest BCUT2D eigenvalue weighted by Crippen LogP contribution is -2.65. The Bertz CT molecular complexity index is 1640. The monoisotopic (exact) mass is 718 g/mol. The number of alkyl halides is 1. The van der Waals surface area contributed by atoms with Crippen LogP contribution in [0.5, 0.6) is 17.2 Å². The Labute approximate surface area is 277 Å². The van der Waals surface area contributed by atoms with Gasteiger partial charge in [-0.2, -0.15) is 4.98 Å². The van der Waals surface area contributed by atoms with Gasteiger partial charge in [0, 0.05) is 56.6 Å². The van der Waals surface area contributed by atoms with Crippen LogP contribution in [0.25, 0.3) is 0 Å². The number of ether oxygens (including phenoxy) is 3. The van der Waals surface area contributed by atoms with Crippen LogP contribution < -0.4 is 35.0 Å². The van der Waals surface area contributed by atoms with Gasteiger partial charge in [-0.25, -0.2) is 4.98 Å². The van der Waals surface area contributed by atoms with E-state index in [1.165, 1.54) is 0 Å².